The quantitative estimate of drug-likeness (QED) is 0.601. The maximum Gasteiger partial charge on any atom is 0.407 e. The maximum absolute atomic E-state index is 12.1. The van der Waals surface area contributed by atoms with Crippen LogP contribution in [0.15, 0.2) is 60.9 Å². The van der Waals surface area contributed by atoms with Gasteiger partial charge in [0, 0.05) is 47.5 Å². The monoisotopic (exact) mass is 426 g/mol. The lowest BCUT2D eigenvalue weighted by Crippen LogP contribution is -2.38. The number of pyridine rings is 1. The van der Waals surface area contributed by atoms with E-state index in [2.05, 4.69) is 10.3 Å². The molecule has 0 saturated carbocycles. The molecule has 1 N–H and O–H groups in total. The Kier molecular flexibility index (Phi) is 6.69. The second-order valence-corrected chi connectivity index (χ2v) is 8.58. The fourth-order valence-corrected chi connectivity index (χ4v) is 3.59. The highest BCUT2D eigenvalue weighted by Crippen LogP contribution is 2.33. The number of nitrogens with one attached hydrogen (secondary N) is 1. The molecule has 0 aliphatic rings. The Morgan fingerprint density at radius 3 is 2.57 bits per heavy atom. The van der Waals surface area contributed by atoms with Crippen LogP contribution in [0.1, 0.15) is 20.8 Å². The SMILES string of the molecule is CC(C)(C)OC(=O)NCCN(c1cc(-c2ccccc2)cc2cnccc12)S(=O)[O-]. The second kappa shape index (κ2) is 9.23. The number of carbonyl (C=O) groups excluding carboxylic acids is 1. The van der Waals surface area contributed by atoms with E-state index in [1.807, 2.05) is 42.5 Å². The number of aromatic nitrogens is 1. The van der Waals surface area contributed by atoms with Crippen LogP contribution in [0, 0.1) is 0 Å². The number of hydrogen-bond acceptors (Lipinski definition) is 5. The van der Waals surface area contributed by atoms with Gasteiger partial charge in [-0.05, 0) is 50.1 Å². The van der Waals surface area contributed by atoms with E-state index in [1.54, 1.807) is 39.2 Å². The third-order valence-corrected chi connectivity index (χ3v) is 5.01. The Balaban J connectivity index is 1.91. The Morgan fingerprint density at radius 2 is 1.90 bits per heavy atom. The first-order chi connectivity index (χ1) is 14.2. The predicted octanol–water partition coefficient (Wildman–Crippen LogP) is 4.03. The average Bonchev–Trinajstić information content (AvgIpc) is 2.69. The fraction of sp³-hybridized carbons (Fsp3) is 0.273. The first-order valence-corrected chi connectivity index (χ1v) is 10.5. The number of fused-ring (bicyclic) bond motifs is 1. The molecule has 0 radical (unpaired) electrons. The molecule has 1 atom stereocenters. The molecule has 2 aromatic carbocycles. The Hall–Kier alpha value is -2.97. The number of alkyl carbamates (subject to hydrolysis) is 1. The van der Waals surface area contributed by atoms with Crippen LogP contribution < -0.4 is 9.62 Å². The standard InChI is InChI=1S/C22H25N3O4S/c1-22(2,3)29-21(26)24-11-12-25(30(27)28)20-14-17(16-7-5-4-6-8-16)13-18-15-23-10-9-19(18)20/h4-10,13-15H,11-12H2,1-3H3,(H,24,26)(H,27,28)/p-1. The molecular formula is C22H24N3O4S-. The molecule has 1 heterocycles. The lowest BCUT2D eigenvalue weighted by atomic mass is 10.0. The van der Waals surface area contributed by atoms with Crippen molar-refractivity contribution in [1.82, 2.24) is 10.3 Å². The molecule has 30 heavy (non-hydrogen) atoms. The van der Waals surface area contributed by atoms with E-state index in [0.717, 1.165) is 21.9 Å². The van der Waals surface area contributed by atoms with Gasteiger partial charge >= 0.3 is 6.09 Å². The number of hydrogen-bond donors (Lipinski definition) is 1. The largest absolute Gasteiger partial charge is 0.755 e. The van der Waals surface area contributed by atoms with Crippen molar-refractivity contribution in [2.24, 2.45) is 0 Å². The van der Waals surface area contributed by atoms with Gasteiger partial charge in [0.05, 0.1) is 5.69 Å². The zero-order chi connectivity index (χ0) is 21.7. The molecule has 1 amide bonds. The van der Waals surface area contributed by atoms with Gasteiger partial charge in [-0.1, -0.05) is 30.3 Å². The van der Waals surface area contributed by atoms with E-state index < -0.39 is 23.0 Å². The van der Waals surface area contributed by atoms with Crippen molar-refractivity contribution in [2.75, 3.05) is 17.4 Å². The summed E-state index contributed by atoms with van der Waals surface area (Å²) in [5.41, 5.74) is 1.74. The van der Waals surface area contributed by atoms with Crippen molar-refractivity contribution in [3.63, 3.8) is 0 Å². The summed E-state index contributed by atoms with van der Waals surface area (Å²) in [6.45, 7) is 5.46. The molecule has 0 aliphatic heterocycles. The maximum atomic E-state index is 12.1. The molecule has 3 rings (SSSR count). The highest BCUT2D eigenvalue weighted by Gasteiger charge is 2.17. The molecule has 7 nitrogen and oxygen atoms in total. The van der Waals surface area contributed by atoms with Crippen LogP contribution in [-0.2, 0) is 16.0 Å². The molecule has 3 aromatic rings. The van der Waals surface area contributed by atoms with Crippen molar-refractivity contribution >= 4 is 33.8 Å². The topological polar surface area (TPSA) is 94.6 Å². The number of amides is 1. The summed E-state index contributed by atoms with van der Waals surface area (Å²) in [5, 5.41) is 4.18. The van der Waals surface area contributed by atoms with Crippen LogP contribution in [0.3, 0.4) is 0 Å². The number of benzene rings is 2. The number of ether oxygens (including phenoxy) is 1. The Bertz CT molecular complexity index is 1050. The summed E-state index contributed by atoms with van der Waals surface area (Å²) in [4.78, 5) is 16.1. The number of carbonyl (C=O) groups is 1. The highest BCUT2D eigenvalue weighted by molar-refractivity contribution is 7.80. The summed E-state index contributed by atoms with van der Waals surface area (Å²) in [6, 6.07) is 15.3. The van der Waals surface area contributed by atoms with Gasteiger partial charge < -0.3 is 18.9 Å². The van der Waals surface area contributed by atoms with Gasteiger partial charge in [0.15, 0.2) is 0 Å². The van der Waals surface area contributed by atoms with E-state index in [0.29, 0.717) is 5.69 Å². The first kappa shape index (κ1) is 21.7. The number of nitrogens with zero attached hydrogens (tertiary/aromatic N) is 2. The van der Waals surface area contributed by atoms with Gasteiger partial charge in [0.1, 0.15) is 5.60 Å². The minimum absolute atomic E-state index is 0.0605. The summed E-state index contributed by atoms with van der Waals surface area (Å²) in [7, 11) is 0. The number of anilines is 1. The van der Waals surface area contributed by atoms with E-state index in [1.165, 1.54) is 4.31 Å². The van der Waals surface area contributed by atoms with Crippen LogP contribution in [0.25, 0.3) is 21.9 Å². The van der Waals surface area contributed by atoms with Gasteiger partial charge in [-0.2, -0.15) is 0 Å². The Labute approximate surface area is 178 Å². The Morgan fingerprint density at radius 1 is 1.17 bits per heavy atom. The van der Waals surface area contributed by atoms with Crippen molar-refractivity contribution in [2.45, 2.75) is 26.4 Å². The summed E-state index contributed by atoms with van der Waals surface area (Å²) in [5.74, 6) is 0. The summed E-state index contributed by atoms with van der Waals surface area (Å²) in [6.07, 6.45) is 2.74. The average molecular weight is 427 g/mol. The van der Waals surface area contributed by atoms with Crippen LogP contribution in [-0.4, -0.2) is 38.5 Å². The fourth-order valence-electron chi connectivity index (χ4n) is 3.04. The van der Waals surface area contributed by atoms with Gasteiger partial charge in [-0.25, -0.2) is 4.79 Å². The highest BCUT2D eigenvalue weighted by atomic mass is 32.2. The van der Waals surface area contributed by atoms with Crippen LogP contribution >= 0.6 is 0 Å². The zero-order valence-corrected chi connectivity index (χ0v) is 17.9. The molecule has 1 unspecified atom stereocenters. The minimum Gasteiger partial charge on any atom is -0.755 e. The van der Waals surface area contributed by atoms with Gasteiger partial charge in [-0.3, -0.25) is 9.19 Å². The van der Waals surface area contributed by atoms with Crippen LogP contribution in [0.4, 0.5) is 10.5 Å². The van der Waals surface area contributed by atoms with E-state index >= 15 is 0 Å². The van der Waals surface area contributed by atoms with E-state index in [9.17, 15) is 13.6 Å². The third kappa shape index (κ3) is 5.55. The molecule has 158 valence electrons. The van der Waals surface area contributed by atoms with Gasteiger partial charge in [-0.15, -0.1) is 0 Å². The van der Waals surface area contributed by atoms with Crippen molar-refractivity contribution in [3.8, 4) is 11.1 Å². The molecular weight excluding hydrogens is 402 g/mol. The molecule has 1 aromatic heterocycles. The molecule has 0 spiro atoms. The normalized spacial score (nSPS) is 12.4. The van der Waals surface area contributed by atoms with Crippen molar-refractivity contribution < 1.29 is 18.3 Å². The molecule has 0 aliphatic carbocycles. The number of rotatable bonds is 6. The first-order valence-electron chi connectivity index (χ1n) is 9.51. The van der Waals surface area contributed by atoms with Crippen LogP contribution in [0.2, 0.25) is 0 Å². The third-order valence-electron chi connectivity index (χ3n) is 4.27. The zero-order valence-electron chi connectivity index (χ0n) is 17.1. The lowest BCUT2D eigenvalue weighted by molar-refractivity contribution is 0.0529. The smallest absolute Gasteiger partial charge is 0.407 e. The lowest BCUT2D eigenvalue weighted by Gasteiger charge is -2.28. The van der Waals surface area contributed by atoms with E-state index in [4.69, 9.17) is 4.74 Å². The second-order valence-electron chi connectivity index (χ2n) is 7.71. The van der Waals surface area contributed by atoms with Gasteiger partial charge in [0.2, 0.25) is 0 Å². The van der Waals surface area contributed by atoms with Crippen molar-refractivity contribution in [1.29, 1.82) is 0 Å². The molecule has 0 saturated heterocycles. The van der Waals surface area contributed by atoms with Crippen LogP contribution in [0.5, 0.6) is 0 Å². The minimum atomic E-state index is -2.54. The molecule has 8 heteroatoms. The van der Waals surface area contributed by atoms with E-state index in [-0.39, 0.29) is 13.1 Å². The van der Waals surface area contributed by atoms with Gasteiger partial charge in [0.25, 0.3) is 0 Å². The molecule has 0 fully saturated rings. The summed E-state index contributed by atoms with van der Waals surface area (Å²) < 4.78 is 30.6. The predicted molar refractivity (Wildman–Crippen MR) is 118 cm³/mol. The summed E-state index contributed by atoms with van der Waals surface area (Å²) >= 11 is -2.54. The molecule has 0 bridgehead atoms. The van der Waals surface area contributed by atoms with Crippen molar-refractivity contribution in [3.05, 3.63) is 60.9 Å².